The predicted octanol–water partition coefficient (Wildman–Crippen LogP) is 3.86. The Bertz CT molecular complexity index is 1120. The van der Waals surface area contributed by atoms with E-state index in [1.54, 1.807) is 29.7 Å². The van der Waals surface area contributed by atoms with Gasteiger partial charge in [0, 0.05) is 16.2 Å². The van der Waals surface area contributed by atoms with E-state index in [1.807, 2.05) is 43.3 Å². The number of thiophene rings is 1. The molecule has 0 aliphatic carbocycles. The monoisotopic (exact) mass is 486 g/mol. The minimum atomic E-state index is -1.28. The zero-order chi connectivity index (χ0) is 23.7. The molecular formula is C25H26O6S2. The summed E-state index contributed by atoms with van der Waals surface area (Å²) in [5.41, 5.74) is 3.55. The fraction of sp³-hybridized carbons (Fsp3) is 0.320. The average molecular weight is 487 g/mol. The van der Waals surface area contributed by atoms with Crippen molar-refractivity contribution in [2.45, 2.75) is 43.2 Å². The van der Waals surface area contributed by atoms with Crippen LogP contribution in [0.15, 0.2) is 54.6 Å². The summed E-state index contributed by atoms with van der Waals surface area (Å²) in [4.78, 5) is 13.3. The van der Waals surface area contributed by atoms with Crippen molar-refractivity contribution in [1.82, 2.24) is 0 Å². The first-order chi connectivity index (χ1) is 15.8. The minimum Gasteiger partial charge on any atom is -0.478 e. The molecule has 0 radical (unpaired) electrons. The van der Waals surface area contributed by atoms with Crippen LogP contribution in [0.25, 0.3) is 10.4 Å². The molecule has 0 amide bonds. The van der Waals surface area contributed by atoms with E-state index >= 15 is 0 Å². The number of thioether (sulfide) groups is 1. The molecule has 1 aromatic heterocycles. The first-order valence-electron chi connectivity index (χ1n) is 10.5. The van der Waals surface area contributed by atoms with Crippen molar-refractivity contribution in [3.8, 4) is 10.4 Å². The Morgan fingerprint density at radius 2 is 1.73 bits per heavy atom. The van der Waals surface area contributed by atoms with Gasteiger partial charge < -0.3 is 25.2 Å². The summed E-state index contributed by atoms with van der Waals surface area (Å²) in [7, 11) is 0. The zero-order valence-electron chi connectivity index (χ0n) is 18.2. The van der Waals surface area contributed by atoms with Gasteiger partial charge in [-0.15, -0.1) is 23.1 Å². The van der Waals surface area contributed by atoms with Crippen LogP contribution in [-0.4, -0.2) is 56.4 Å². The molecule has 5 unspecified atom stereocenters. The summed E-state index contributed by atoms with van der Waals surface area (Å²) in [5.74, 6) is -0.943. The Kier molecular flexibility index (Phi) is 7.23. The fourth-order valence-corrected chi connectivity index (χ4v) is 5.68. The number of carbonyl (C=O) groups is 1. The van der Waals surface area contributed by atoms with Crippen LogP contribution in [0.4, 0.5) is 0 Å². The van der Waals surface area contributed by atoms with Gasteiger partial charge in [0.2, 0.25) is 0 Å². The lowest BCUT2D eigenvalue weighted by atomic mass is 9.92. The molecule has 0 saturated carbocycles. The van der Waals surface area contributed by atoms with Gasteiger partial charge in [-0.1, -0.05) is 30.3 Å². The number of hydrogen-bond acceptors (Lipinski definition) is 7. The highest BCUT2D eigenvalue weighted by atomic mass is 32.2. The topological polar surface area (TPSA) is 107 Å². The van der Waals surface area contributed by atoms with Crippen molar-refractivity contribution in [3.63, 3.8) is 0 Å². The average Bonchev–Trinajstić information content (AvgIpc) is 3.28. The maximum Gasteiger partial charge on any atom is 0.335 e. The Morgan fingerprint density at radius 3 is 2.39 bits per heavy atom. The summed E-state index contributed by atoms with van der Waals surface area (Å²) in [6, 6.07) is 16.8. The van der Waals surface area contributed by atoms with Gasteiger partial charge in [-0.3, -0.25) is 0 Å². The highest BCUT2D eigenvalue weighted by molar-refractivity contribution is 7.99. The number of carboxylic acid groups (broad SMARTS) is 1. The van der Waals surface area contributed by atoms with Crippen LogP contribution in [0, 0.1) is 6.92 Å². The van der Waals surface area contributed by atoms with E-state index in [4.69, 9.17) is 9.84 Å². The van der Waals surface area contributed by atoms with Crippen LogP contribution in [0.1, 0.15) is 38.0 Å². The third-order valence-electron chi connectivity index (χ3n) is 5.95. The number of rotatable bonds is 6. The van der Waals surface area contributed by atoms with Crippen molar-refractivity contribution < 1.29 is 30.0 Å². The highest BCUT2D eigenvalue weighted by Crippen LogP contribution is 2.37. The van der Waals surface area contributed by atoms with Gasteiger partial charge in [0.1, 0.15) is 29.9 Å². The lowest BCUT2D eigenvalue weighted by Gasteiger charge is -2.40. The van der Waals surface area contributed by atoms with Crippen LogP contribution < -0.4 is 0 Å². The Balaban J connectivity index is 1.55. The number of ether oxygens (including phenoxy) is 1. The van der Waals surface area contributed by atoms with E-state index in [0.717, 1.165) is 32.0 Å². The molecule has 5 atom stereocenters. The molecule has 1 saturated heterocycles. The third-order valence-corrected chi connectivity index (χ3v) is 7.94. The second kappa shape index (κ2) is 9.97. The number of aryl methyl sites for hydroxylation is 1. The number of aliphatic hydroxyl groups is 3. The molecule has 4 rings (SSSR count). The van der Waals surface area contributed by atoms with Gasteiger partial charge in [-0.2, -0.15) is 0 Å². The maximum absolute atomic E-state index is 11.1. The molecule has 174 valence electrons. The van der Waals surface area contributed by atoms with Gasteiger partial charge in [-0.25, -0.2) is 4.79 Å². The van der Waals surface area contributed by atoms with Crippen molar-refractivity contribution in [2.75, 3.05) is 6.26 Å². The quantitative estimate of drug-likeness (QED) is 0.419. The molecular weight excluding hydrogens is 460 g/mol. The maximum atomic E-state index is 11.1. The molecule has 3 aromatic rings. The largest absolute Gasteiger partial charge is 0.478 e. The molecule has 4 N–H and O–H groups in total. The van der Waals surface area contributed by atoms with Crippen LogP contribution in [0.5, 0.6) is 0 Å². The summed E-state index contributed by atoms with van der Waals surface area (Å²) in [5, 5.41) is 40.0. The molecule has 0 spiro atoms. The van der Waals surface area contributed by atoms with E-state index in [-0.39, 0.29) is 5.56 Å². The smallest absolute Gasteiger partial charge is 0.335 e. The Labute approximate surface area is 200 Å². The van der Waals surface area contributed by atoms with Crippen LogP contribution in [0.2, 0.25) is 0 Å². The summed E-state index contributed by atoms with van der Waals surface area (Å²) >= 11 is 2.94. The van der Waals surface area contributed by atoms with Gasteiger partial charge >= 0.3 is 5.97 Å². The highest BCUT2D eigenvalue weighted by Gasteiger charge is 2.44. The molecule has 8 heteroatoms. The molecule has 1 aliphatic heterocycles. The zero-order valence-corrected chi connectivity index (χ0v) is 19.8. The van der Waals surface area contributed by atoms with Crippen LogP contribution in [-0.2, 0) is 11.2 Å². The molecule has 2 heterocycles. The Hall–Kier alpha value is -2.20. The number of carboxylic acids is 1. The lowest BCUT2D eigenvalue weighted by molar-refractivity contribution is -0.200. The standard InChI is InChI=1S/C25H26O6S2/c1-13-3-4-16(23-21(27)20(26)22(28)25(31-23)32-2)11-17(13)12-18-9-10-19(33-18)14-5-7-15(8-6-14)24(29)30/h3-11,20-23,25-28H,12H2,1-2H3,(H,29,30). The second-order valence-electron chi connectivity index (χ2n) is 8.14. The van der Waals surface area contributed by atoms with Crippen molar-refractivity contribution in [2.24, 2.45) is 0 Å². The molecule has 1 fully saturated rings. The number of benzene rings is 2. The summed E-state index contributed by atoms with van der Waals surface area (Å²) in [6.45, 7) is 2.03. The molecule has 33 heavy (non-hydrogen) atoms. The van der Waals surface area contributed by atoms with Crippen molar-refractivity contribution in [3.05, 3.63) is 81.7 Å². The molecule has 0 bridgehead atoms. The third kappa shape index (κ3) is 5.01. The van der Waals surface area contributed by atoms with Crippen LogP contribution >= 0.6 is 23.1 Å². The SMILES string of the molecule is CSC1OC(c2ccc(C)c(Cc3ccc(-c4ccc(C(=O)O)cc4)s3)c2)C(O)C(O)C1O. The van der Waals surface area contributed by atoms with E-state index < -0.39 is 35.8 Å². The minimum absolute atomic E-state index is 0.261. The van der Waals surface area contributed by atoms with Gasteiger partial charge in [-0.05, 0) is 59.7 Å². The van der Waals surface area contributed by atoms with Gasteiger partial charge in [0.25, 0.3) is 0 Å². The predicted molar refractivity (Wildman–Crippen MR) is 130 cm³/mol. The normalized spacial score (nSPS) is 25.2. The number of aromatic carboxylic acids is 1. The lowest BCUT2D eigenvalue weighted by Crippen LogP contribution is -2.52. The molecule has 6 nitrogen and oxygen atoms in total. The van der Waals surface area contributed by atoms with E-state index in [1.165, 1.54) is 11.8 Å². The Morgan fingerprint density at radius 1 is 1.00 bits per heavy atom. The first-order valence-corrected chi connectivity index (χ1v) is 12.6. The second-order valence-corrected chi connectivity index (χ2v) is 10.2. The van der Waals surface area contributed by atoms with Crippen LogP contribution in [0.3, 0.4) is 0 Å². The van der Waals surface area contributed by atoms with Gasteiger partial charge in [0.15, 0.2) is 0 Å². The van der Waals surface area contributed by atoms with Gasteiger partial charge in [0.05, 0.1) is 5.56 Å². The summed E-state index contributed by atoms with van der Waals surface area (Å²) < 4.78 is 5.91. The number of hydrogen-bond donors (Lipinski definition) is 4. The van der Waals surface area contributed by atoms with Crippen molar-refractivity contribution >= 4 is 29.1 Å². The number of aliphatic hydroxyl groups excluding tert-OH is 3. The summed E-state index contributed by atoms with van der Waals surface area (Å²) in [6.07, 6.45) is -1.90. The molecule has 1 aliphatic rings. The van der Waals surface area contributed by atoms with E-state index in [2.05, 4.69) is 6.07 Å². The van der Waals surface area contributed by atoms with E-state index in [9.17, 15) is 20.1 Å². The molecule has 2 aromatic carbocycles. The van der Waals surface area contributed by atoms with Crippen molar-refractivity contribution in [1.29, 1.82) is 0 Å². The fourth-order valence-electron chi connectivity index (χ4n) is 3.97. The first kappa shape index (κ1) is 23.9. The van der Waals surface area contributed by atoms with E-state index in [0.29, 0.717) is 6.42 Å².